The van der Waals surface area contributed by atoms with Crippen molar-refractivity contribution in [2.24, 2.45) is 5.84 Å². The number of nitrogens with one attached hydrogen (secondary N) is 1. The molecule has 0 saturated heterocycles. The van der Waals surface area contributed by atoms with Crippen LogP contribution in [0.1, 0.15) is 31.1 Å². The molecule has 0 aliphatic heterocycles. The Kier molecular flexibility index (Phi) is 4.31. The molecule has 0 aliphatic rings. The zero-order valence-electron chi connectivity index (χ0n) is 10.0. The SMILES string of the molecule is CCN(C(=O)c1ccc(NN)cc1)C(C)C. The van der Waals surface area contributed by atoms with Crippen molar-refractivity contribution in [2.45, 2.75) is 26.8 Å². The highest BCUT2D eigenvalue weighted by Crippen LogP contribution is 2.12. The van der Waals surface area contributed by atoms with E-state index in [1.165, 1.54) is 0 Å². The molecule has 16 heavy (non-hydrogen) atoms. The van der Waals surface area contributed by atoms with E-state index < -0.39 is 0 Å². The molecule has 0 spiro atoms. The first-order valence-corrected chi connectivity index (χ1v) is 5.47. The number of hydrazine groups is 1. The maximum atomic E-state index is 12.1. The molecule has 0 heterocycles. The van der Waals surface area contributed by atoms with Gasteiger partial charge in [0, 0.05) is 23.8 Å². The van der Waals surface area contributed by atoms with Gasteiger partial charge in [0.25, 0.3) is 5.91 Å². The molecular weight excluding hydrogens is 202 g/mol. The molecular formula is C12H19N3O. The zero-order chi connectivity index (χ0) is 12.1. The monoisotopic (exact) mass is 221 g/mol. The minimum Gasteiger partial charge on any atom is -0.337 e. The number of benzene rings is 1. The van der Waals surface area contributed by atoms with Gasteiger partial charge >= 0.3 is 0 Å². The lowest BCUT2D eigenvalue weighted by atomic mass is 10.1. The first kappa shape index (κ1) is 12.5. The molecule has 88 valence electrons. The number of hydrogen-bond acceptors (Lipinski definition) is 3. The summed E-state index contributed by atoms with van der Waals surface area (Å²) in [5.74, 6) is 5.32. The third-order valence-electron chi connectivity index (χ3n) is 2.52. The van der Waals surface area contributed by atoms with Crippen molar-refractivity contribution in [1.82, 2.24) is 4.90 Å². The van der Waals surface area contributed by atoms with Gasteiger partial charge in [-0.15, -0.1) is 0 Å². The van der Waals surface area contributed by atoms with Gasteiger partial charge in [-0.05, 0) is 45.0 Å². The smallest absolute Gasteiger partial charge is 0.254 e. The minimum absolute atomic E-state index is 0.0565. The first-order valence-electron chi connectivity index (χ1n) is 5.47. The molecule has 4 heteroatoms. The molecule has 0 aromatic heterocycles. The topological polar surface area (TPSA) is 58.4 Å². The van der Waals surface area contributed by atoms with Crippen LogP contribution in [0.4, 0.5) is 5.69 Å². The van der Waals surface area contributed by atoms with Crippen LogP contribution in [-0.2, 0) is 0 Å². The predicted octanol–water partition coefficient (Wildman–Crippen LogP) is 1.84. The number of carbonyl (C=O) groups is 1. The Morgan fingerprint density at radius 2 is 1.94 bits per heavy atom. The van der Waals surface area contributed by atoms with E-state index in [9.17, 15) is 4.79 Å². The van der Waals surface area contributed by atoms with Gasteiger partial charge in [-0.1, -0.05) is 0 Å². The van der Waals surface area contributed by atoms with Crippen LogP contribution in [0.3, 0.4) is 0 Å². The molecule has 0 radical (unpaired) electrons. The highest BCUT2D eigenvalue weighted by atomic mass is 16.2. The standard InChI is InChI=1S/C12H19N3O/c1-4-15(9(2)3)12(16)10-5-7-11(14-13)8-6-10/h5-9,14H,4,13H2,1-3H3. The van der Waals surface area contributed by atoms with Crippen molar-refractivity contribution < 1.29 is 4.79 Å². The average molecular weight is 221 g/mol. The van der Waals surface area contributed by atoms with Gasteiger partial charge in [-0.2, -0.15) is 0 Å². The van der Waals surface area contributed by atoms with E-state index in [2.05, 4.69) is 5.43 Å². The quantitative estimate of drug-likeness (QED) is 0.602. The number of carbonyl (C=O) groups excluding carboxylic acids is 1. The number of nitrogens with zero attached hydrogens (tertiary/aromatic N) is 1. The van der Waals surface area contributed by atoms with Crippen LogP contribution in [0.25, 0.3) is 0 Å². The molecule has 1 aromatic rings. The van der Waals surface area contributed by atoms with Crippen LogP contribution < -0.4 is 11.3 Å². The summed E-state index contributed by atoms with van der Waals surface area (Å²) < 4.78 is 0. The third-order valence-corrected chi connectivity index (χ3v) is 2.52. The Balaban J connectivity index is 2.86. The molecule has 1 aromatic carbocycles. The number of rotatable bonds is 4. The molecule has 0 atom stereocenters. The van der Waals surface area contributed by atoms with Crippen LogP contribution >= 0.6 is 0 Å². The lowest BCUT2D eigenvalue weighted by molar-refractivity contribution is 0.0717. The summed E-state index contributed by atoms with van der Waals surface area (Å²) in [5.41, 5.74) is 4.02. The van der Waals surface area contributed by atoms with Crippen molar-refractivity contribution in [1.29, 1.82) is 0 Å². The van der Waals surface area contributed by atoms with E-state index in [0.717, 1.165) is 5.69 Å². The van der Waals surface area contributed by atoms with Crippen LogP contribution in [0.5, 0.6) is 0 Å². The molecule has 0 aliphatic carbocycles. The molecule has 0 saturated carbocycles. The van der Waals surface area contributed by atoms with Crippen molar-refractivity contribution in [3.63, 3.8) is 0 Å². The summed E-state index contributed by atoms with van der Waals surface area (Å²) in [5, 5.41) is 0. The van der Waals surface area contributed by atoms with E-state index >= 15 is 0 Å². The van der Waals surface area contributed by atoms with E-state index in [0.29, 0.717) is 12.1 Å². The van der Waals surface area contributed by atoms with Gasteiger partial charge in [0.1, 0.15) is 0 Å². The minimum atomic E-state index is 0.0565. The molecule has 4 nitrogen and oxygen atoms in total. The fourth-order valence-corrected chi connectivity index (χ4v) is 1.62. The fraction of sp³-hybridized carbons (Fsp3) is 0.417. The number of nitrogen functional groups attached to an aromatic ring is 1. The number of nitrogens with two attached hydrogens (primary N) is 1. The summed E-state index contributed by atoms with van der Waals surface area (Å²) in [6.45, 7) is 6.72. The molecule has 0 unspecified atom stereocenters. The second-order valence-electron chi connectivity index (χ2n) is 3.91. The van der Waals surface area contributed by atoms with Gasteiger partial charge in [0.15, 0.2) is 0 Å². The highest BCUT2D eigenvalue weighted by molar-refractivity contribution is 5.94. The second kappa shape index (κ2) is 5.51. The van der Waals surface area contributed by atoms with Crippen molar-refractivity contribution in [3.8, 4) is 0 Å². The average Bonchev–Trinajstić information content (AvgIpc) is 2.29. The van der Waals surface area contributed by atoms with Gasteiger partial charge in [0.05, 0.1) is 0 Å². The maximum Gasteiger partial charge on any atom is 0.254 e. The first-order chi connectivity index (χ1) is 7.60. The number of hydrogen-bond donors (Lipinski definition) is 2. The van der Waals surface area contributed by atoms with Crippen LogP contribution in [0, 0.1) is 0 Å². The third kappa shape index (κ3) is 2.73. The Morgan fingerprint density at radius 1 is 1.38 bits per heavy atom. The Bertz CT molecular complexity index is 346. The summed E-state index contributed by atoms with van der Waals surface area (Å²) >= 11 is 0. The summed E-state index contributed by atoms with van der Waals surface area (Å²) in [6, 6.07) is 7.36. The number of amides is 1. The van der Waals surface area contributed by atoms with Crippen LogP contribution in [0.2, 0.25) is 0 Å². The van der Waals surface area contributed by atoms with Gasteiger partial charge in [-0.25, -0.2) is 0 Å². The molecule has 0 fully saturated rings. The molecule has 1 amide bonds. The van der Waals surface area contributed by atoms with Crippen LogP contribution in [0.15, 0.2) is 24.3 Å². The van der Waals surface area contributed by atoms with Gasteiger partial charge in [0.2, 0.25) is 0 Å². The van der Waals surface area contributed by atoms with E-state index in [1.807, 2.05) is 25.7 Å². The van der Waals surface area contributed by atoms with Crippen molar-refractivity contribution >= 4 is 11.6 Å². The zero-order valence-corrected chi connectivity index (χ0v) is 10.0. The van der Waals surface area contributed by atoms with Crippen molar-refractivity contribution in [2.75, 3.05) is 12.0 Å². The number of anilines is 1. The summed E-state index contributed by atoms with van der Waals surface area (Å²) in [6.07, 6.45) is 0. The molecule has 3 N–H and O–H groups in total. The van der Waals surface area contributed by atoms with E-state index in [4.69, 9.17) is 5.84 Å². The Morgan fingerprint density at radius 3 is 2.31 bits per heavy atom. The van der Waals surface area contributed by atoms with E-state index in [1.54, 1.807) is 24.3 Å². The lowest BCUT2D eigenvalue weighted by Crippen LogP contribution is -2.36. The van der Waals surface area contributed by atoms with Crippen molar-refractivity contribution in [3.05, 3.63) is 29.8 Å². The van der Waals surface area contributed by atoms with Gasteiger partial charge < -0.3 is 10.3 Å². The predicted molar refractivity (Wildman–Crippen MR) is 66.1 cm³/mol. The second-order valence-corrected chi connectivity index (χ2v) is 3.91. The van der Waals surface area contributed by atoms with E-state index in [-0.39, 0.29) is 11.9 Å². The largest absolute Gasteiger partial charge is 0.337 e. The maximum absolute atomic E-state index is 12.1. The molecule has 0 bridgehead atoms. The fourth-order valence-electron chi connectivity index (χ4n) is 1.62. The molecule has 1 rings (SSSR count). The van der Waals surface area contributed by atoms with Gasteiger partial charge in [-0.3, -0.25) is 10.6 Å². The Labute approximate surface area is 96.4 Å². The highest BCUT2D eigenvalue weighted by Gasteiger charge is 2.16. The van der Waals surface area contributed by atoms with Crippen LogP contribution in [-0.4, -0.2) is 23.4 Å². The normalized spacial score (nSPS) is 10.3. The lowest BCUT2D eigenvalue weighted by Gasteiger charge is -2.25. The Hall–Kier alpha value is -1.55. The summed E-state index contributed by atoms with van der Waals surface area (Å²) in [7, 11) is 0. The summed E-state index contributed by atoms with van der Waals surface area (Å²) in [4.78, 5) is 13.9.